The summed E-state index contributed by atoms with van der Waals surface area (Å²) < 4.78 is 0. The first-order valence-electron chi connectivity index (χ1n) is 8.25. The highest BCUT2D eigenvalue weighted by Gasteiger charge is 2.24. The average Bonchev–Trinajstić information content (AvgIpc) is 3.32. The molecule has 1 aliphatic carbocycles. The monoisotopic (exact) mass is 289 g/mol. The summed E-state index contributed by atoms with van der Waals surface area (Å²) in [6.45, 7) is 6.47. The molecule has 1 saturated carbocycles. The Morgan fingerprint density at radius 2 is 2.14 bits per heavy atom. The van der Waals surface area contributed by atoms with Gasteiger partial charge in [-0.05, 0) is 39.3 Å². The molecule has 1 unspecified atom stereocenters. The molecule has 2 heterocycles. The molecule has 3 rings (SSSR count). The third-order valence-electron chi connectivity index (χ3n) is 4.49. The normalized spacial score (nSPS) is 24.1. The van der Waals surface area contributed by atoms with Crippen molar-refractivity contribution in [3.05, 3.63) is 18.1 Å². The van der Waals surface area contributed by atoms with Crippen LogP contribution in [0.5, 0.6) is 0 Å². The maximum absolute atomic E-state index is 4.84. The van der Waals surface area contributed by atoms with Crippen LogP contribution in [0.3, 0.4) is 0 Å². The van der Waals surface area contributed by atoms with Gasteiger partial charge in [0, 0.05) is 37.9 Å². The van der Waals surface area contributed by atoms with Crippen molar-refractivity contribution in [3.63, 3.8) is 0 Å². The lowest BCUT2D eigenvalue weighted by atomic mass is 10.2. The fourth-order valence-corrected chi connectivity index (χ4v) is 3.05. The SMILES string of the molecule is CCC1CN(C)CCCN1c1cncc(CNC2CC2)n1. The van der Waals surface area contributed by atoms with Crippen LogP contribution in [0.2, 0.25) is 0 Å². The van der Waals surface area contributed by atoms with E-state index in [9.17, 15) is 0 Å². The summed E-state index contributed by atoms with van der Waals surface area (Å²) >= 11 is 0. The summed E-state index contributed by atoms with van der Waals surface area (Å²) in [5.74, 6) is 1.05. The van der Waals surface area contributed by atoms with Gasteiger partial charge in [-0.1, -0.05) is 6.92 Å². The molecule has 0 spiro atoms. The van der Waals surface area contributed by atoms with Crippen molar-refractivity contribution in [1.82, 2.24) is 20.2 Å². The van der Waals surface area contributed by atoms with Crippen molar-refractivity contribution >= 4 is 5.82 Å². The third kappa shape index (κ3) is 3.92. The quantitative estimate of drug-likeness (QED) is 0.893. The molecule has 1 aromatic heterocycles. The predicted molar refractivity (Wildman–Crippen MR) is 85.4 cm³/mol. The van der Waals surface area contributed by atoms with E-state index in [1.54, 1.807) is 0 Å². The second-order valence-electron chi connectivity index (χ2n) is 6.40. The van der Waals surface area contributed by atoms with E-state index in [0.29, 0.717) is 12.1 Å². The molecule has 0 bridgehead atoms. The molecule has 1 aromatic rings. The number of anilines is 1. The van der Waals surface area contributed by atoms with Gasteiger partial charge in [-0.25, -0.2) is 4.98 Å². The molecule has 116 valence electrons. The first-order valence-corrected chi connectivity index (χ1v) is 8.25. The highest BCUT2D eigenvalue weighted by atomic mass is 15.3. The van der Waals surface area contributed by atoms with Crippen molar-refractivity contribution in [1.29, 1.82) is 0 Å². The number of hydrogen-bond acceptors (Lipinski definition) is 5. The Morgan fingerprint density at radius 1 is 1.29 bits per heavy atom. The summed E-state index contributed by atoms with van der Waals surface area (Å²) in [5, 5.41) is 3.52. The zero-order valence-electron chi connectivity index (χ0n) is 13.3. The number of hydrogen-bond donors (Lipinski definition) is 1. The molecule has 0 aromatic carbocycles. The molecule has 5 heteroatoms. The Kier molecular flexibility index (Phi) is 4.70. The Bertz CT molecular complexity index is 460. The summed E-state index contributed by atoms with van der Waals surface area (Å²) in [6.07, 6.45) is 8.78. The molecular formula is C16H27N5. The van der Waals surface area contributed by atoms with Crippen LogP contribution in [0.1, 0.15) is 38.3 Å². The fourth-order valence-electron chi connectivity index (χ4n) is 3.05. The van der Waals surface area contributed by atoms with Crippen LogP contribution in [0.15, 0.2) is 12.4 Å². The molecule has 1 saturated heterocycles. The summed E-state index contributed by atoms with van der Waals surface area (Å²) in [6, 6.07) is 1.25. The predicted octanol–water partition coefficient (Wildman–Crippen LogP) is 1.65. The van der Waals surface area contributed by atoms with Gasteiger partial charge < -0.3 is 15.1 Å². The van der Waals surface area contributed by atoms with Gasteiger partial charge in [-0.2, -0.15) is 0 Å². The highest BCUT2D eigenvalue weighted by molar-refractivity contribution is 5.38. The van der Waals surface area contributed by atoms with Gasteiger partial charge in [0.1, 0.15) is 5.82 Å². The molecule has 5 nitrogen and oxygen atoms in total. The van der Waals surface area contributed by atoms with E-state index in [-0.39, 0.29) is 0 Å². The Morgan fingerprint density at radius 3 is 2.90 bits per heavy atom. The zero-order chi connectivity index (χ0) is 14.7. The molecule has 0 radical (unpaired) electrons. The van der Waals surface area contributed by atoms with Gasteiger partial charge >= 0.3 is 0 Å². The first-order chi connectivity index (χ1) is 10.3. The second kappa shape index (κ2) is 6.71. The van der Waals surface area contributed by atoms with E-state index in [1.807, 2.05) is 12.4 Å². The lowest BCUT2D eigenvalue weighted by Gasteiger charge is -2.31. The Labute approximate surface area is 127 Å². The molecule has 0 amide bonds. The van der Waals surface area contributed by atoms with Crippen molar-refractivity contribution in [2.45, 2.75) is 51.2 Å². The van der Waals surface area contributed by atoms with Gasteiger partial charge in [-0.15, -0.1) is 0 Å². The number of nitrogens with zero attached hydrogens (tertiary/aromatic N) is 4. The van der Waals surface area contributed by atoms with Crippen LogP contribution in [0, 0.1) is 0 Å². The molecule has 1 atom stereocenters. The lowest BCUT2D eigenvalue weighted by Crippen LogP contribution is -2.40. The largest absolute Gasteiger partial charge is 0.351 e. The second-order valence-corrected chi connectivity index (χ2v) is 6.40. The zero-order valence-corrected chi connectivity index (χ0v) is 13.3. The maximum Gasteiger partial charge on any atom is 0.147 e. The van der Waals surface area contributed by atoms with Crippen molar-refractivity contribution in [2.24, 2.45) is 0 Å². The minimum atomic E-state index is 0.540. The first kappa shape index (κ1) is 14.7. The van der Waals surface area contributed by atoms with E-state index in [1.165, 1.54) is 25.8 Å². The van der Waals surface area contributed by atoms with Crippen molar-refractivity contribution in [3.8, 4) is 0 Å². The van der Waals surface area contributed by atoms with Gasteiger partial charge in [0.15, 0.2) is 0 Å². The van der Waals surface area contributed by atoms with Crippen LogP contribution in [-0.2, 0) is 6.54 Å². The molecule has 2 fully saturated rings. The Hall–Kier alpha value is -1.20. The van der Waals surface area contributed by atoms with E-state index < -0.39 is 0 Å². The van der Waals surface area contributed by atoms with Crippen LogP contribution >= 0.6 is 0 Å². The van der Waals surface area contributed by atoms with E-state index in [2.05, 4.69) is 34.1 Å². The molecule has 1 N–H and O–H groups in total. The Balaban J connectivity index is 1.71. The smallest absolute Gasteiger partial charge is 0.147 e. The van der Waals surface area contributed by atoms with E-state index in [4.69, 9.17) is 4.98 Å². The van der Waals surface area contributed by atoms with Crippen LogP contribution in [0.4, 0.5) is 5.82 Å². The standard InChI is InChI=1S/C16H27N5/c1-3-15-12-20(2)7-4-8-21(15)16-11-17-9-14(19-16)10-18-13-5-6-13/h9,11,13,15,18H,3-8,10,12H2,1-2H3. The maximum atomic E-state index is 4.84. The molecule has 2 aliphatic rings. The number of aromatic nitrogens is 2. The number of nitrogens with one attached hydrogen (secondary N) is 1. The molecular weight excluding hydrogens is 262 g/mol. The minimum Gasteiger partial charge on any atom is -0.351 e. The average molecular weight is 289 g/mol. The minimum absolute atomic E-state index is 0.540. The van der Waals surface area contributed by atoms with Crippen LogP contribution in [-0.4, -0.2) is 53.6 Å². The van der Waals surface area contributed by atoms with Crippen molar-refractivity contribution in [2.75, 3.05) is 31.6 Å². The van der Waals surface area contributed by atoms with E-state index >= 15 is 0 Å². The molecule has 1 aliphatic heterocycles. The van der Waals surface area contributed by atoms with Gasteiger partial charge in [-0.3, -0.25) is 4.98 Å². The van der Waals surface area contributed by atoms with Crippen LogP contribution < -0.4 is 10.2 Å². The van der Waals surface area contributed by atoms with E-state index in [0.717, 1.165) is 37.6 Å². The number of rotatable bonds is 5. The summed E-state index contributed by atoms with van der Waals surface area (Å²) in [5.41, 5.74) is 1.06. The van der Waals surface area contributed by atoms with Gasteiger partial charge in [0.2, 0.25) is 0 Å². The number of likely N-dealkylation sites (N-methyl/N-ethyl adjacent to an activating group) is 1. The van der Waals surface area contributed by atoms with Gasteiger partial charge in [0.05, 0.1) is 11.9 Å². The molecule has 21 heavy (non-hydrogen) atoms. The topological polar surface area (TPSA) is 44.3 Å². The third-order valence-corrected chi connectivity index (χ3v) is 4.49. The summed E-state index contributed by atoms with van der Waals surface area (Å²) in [4.78, 5) is 14.1. The summed E-state index contributed by atoms with van der Waals surface area (Å²) in [7, 11) is 2.22. The van der Waals surface area contributed by atoms with Gasteiger partial charge in [0.25, 0.3) is 0 Å². The van der Waals surface area contributed by atoms with Crippen molar-refractivity contribution < 1.29 is 0 Å². The highest BCUT2D eigenvalue weighted by Crippen LogP contribution is 2.21. The van der Waals surface area contributed by atoms with Crippen LogP contribution in [0.25, 0.3) is 0 Å². The lowest BCUT2D eigenvalue weighted by molar-refractivity contribution is 0.327. The fraction of sp³-hybridized carbons (Fsp3) is 0.750.